The van der Waals surface area contributed by atoms with Crippen LogP contribution in [0.15, 0.2) is 11.5 Å². The molecule has 106 valence electrons. The summed E-state index contributed by atoms with van der Waals surface area (Å²) >= 11 is 1.43. The van der Waals surface area contributed by atoms with Gasteiger partial charge in [-0.25, -0.2) is 0 Å². The minimum absolute atomic E-state index is 0.0962. The number of carbonyl (C=O) groups is 1. The van der Waals surface area contributed by atoms with E-state index in [1.54, 1.807) is 6.33 Å². The summed E-state index contributed by atoms with van der Waals surface area (Å²) in [5, 5.41) is 11.7. The lowest BCUT2D eigenvalue weighted by atomic mass is 9.78. The highest BCUT2D eigenvalue weighted by atomic mass is 32.2. The lowest BCUT2D eigenvalue weighted by molar-refractivity contribution is -0.120. The minimum Gasteiger partial charge on any atom is -0.352 e. The third-order valence-corrected chi connectivity index (χ3v) is 5.09. The molecule has 0 aromatic carbocycles. The lowest BCUT2D eigenvalue weighted by Crippen LogP contribution is -2.44. The van der Waals surface area contributed by atoms with Gasteiger partial charge in [0.25, 0.3) is 0 Å². The molecule has 1 aliphatic carbocycles. The first-order valence-corrected chi connectivity index (χ1v) is 7.82. The van der Waals surface area contributed by atoms with Gasteiger partial charge in [0.2, 0.25) is 5.91 Å². The molecule has 0 bridgehead atoms. The van der Waals surface area contributed by atoms with Gasteiger partial charge < -0.3 is 9.88 Å². The van der Waals surface area contributed by atoms with Gasteiger partial charge in [0, 0.05) is 13.1 Å². The molecule has 5 nitrogen and oxygen atoms in total. The topological polar surface area (TPSA) is 59.8 Å². The minimum atomic E-state index is 0.0962. The average molecular weight is 282 g/mol. The van der Waals surface area contributed by atoms with Crippen LogP contribution in [0.3, 0.4) is 0 Å². The molecule has 0 aliphatic heterocycles. The molecule has 2 rings (SSSR count). The predicted octanol–water partition coefficient (Wildman–Crippen LogP) is 1.85. The zero-order valence-electron chi connectivity index (χ0n) is 11.8. The molecule has 0 saturated heterocycles. The fraction of sp³-hybridized carbons (Fsp3) is 0.769. The van der Waals surface area contributed by atoms with Crippen LogP contribution in [0.2, 0.25) is 0 Å². The molecule has 3 unspecified atom stereocenters. The maximum atomic E-state index is 12.0. The van der Waals surface area contributed by atoms with Crippen molar-refractivity contribution in [3.8, 4) is 0 Å². The Morgan fingerprint density at radius 1 is 1.53 bits per heavy atom. The molecule has 1 heterocycles. The number of hydrogen-bond donors (Lipinski definition) is 1. The third-order valence-electron chi connectivity index (χ3n) is 4.06. The molecule has 1 aliphatic rings. The van der Waals surface area contributed by atoms with Crippen LogP contribution in [0.25, 0.3) is 0 Å². The molecule has 1 fully saturated rings. The van der Waals surface area contributed by atoms with E-state index in [-0.39, 0.29) is 5.91 Å². The maximum Gasteiger partial charge on any atom is 0.230 e. The summed E-state index contributed by atoms with van der Waals surface area (Å²) in [4.78, 5) is 12.0. The van der Waals surface area contributed by atoms with Gasteiger partial charge in [-0.2, -0.15) is 0 Å². The van der Waals surface area contributed by atoms with Crippen LogP contribution in [0, 0.1) is 11.8 Å². The summed E-state index contributed by atoms with van der Waals surface area (Å²) < 4.78 is 1.82. The number of aromatic nitrogens is 3. The molecule has 19 heavy (non-hydrogen) atoms. The summed E-state index contributed by atoms with van der Waals surface area (Å²) in [5.74, 6) is 1.77. The third kappa shape index (κ3) is 3.72. The predicted molar refractivity (Wildman–Crippen MR) is 75.8 cm³/mol. The quantitative estimate of drug-likeness (QED) is 0.856. The van der Waals surface area contributed by atoms with E-state index in [0.717, 1.165) is 11.6 Å². The van der Waals surface area contributed by atoms with Gasteiger partial charge in [0.15, 0.2) is 5.16 Å². The number of nitrogens with one attached hydrogen (secondary N) is 1. The molecule has 1 saturated carbocycles. The fourth-order valence-corrected chi connectivity index (χ4v) is 3.27. The Balaban J connectivity index is 1.79. The molecule has 3 atom stereocenters. The van der Waals surface area contributed by atoms with Gasteiger partial charge >= 0.3 is 0 Å². The Morgan fingerprint density at radius 2 is 2.32 bits per heavy atom. The van der Waals surface area contributed by atoms with Crippen molar-refractivity contribution >= 4 is 17.7 Å². The summed E-state index contributed by atoms with van der Waals surface area (Å²) in [6, 6.07) is 0.330. The zero-order valence-corrected chi connectivity index (χ0v) is 12.6. The van der Waals surface area contributed by atoms with Crippen molar-refractivity contribution in [1.82, 2.24) is 20.1 Å². The molecule has 1 N–H and O–H groups in total. The van der Waals surface area contributed by atoms with E-state index < -0.39 is 0 Å². The first-order chi connectivity index (χ1) is 9.08. The standard InChI is InChI=1S/C13H22N4OS/c1-9-5-4-6-11(10(9)2)15-12(18)7-19-13-16-14-8-17(13)3/h8-11H,4-7H2,1-3H3,(H,15,18). The van der Waals surface area contributed by atoms with Crippen LogP contribution in [0.5, 0.6) is 0 Å². The van der Waals surface area contributed by atoms with E-state index in [2.05, 4.69) is 29.4 Å². The molecule has 6 heteroatoms. The molecule has 1 aromatic heterocycles. The van der Waals surface area contributed by atoms with Gasteiger partial charge in [0.1, 0.15) is 6.33 Å². The maximum absolute atomic E-state index is 12.0. The highest BCUT2D eigenvalue weighted by Crippen LogP contribution is 2.29. The second kappa shape index (κ2) is 6.41. The van der Waals surface area contributed by atoms with Gasteiger partial charge in [-0.1, -0.05) is 38.5 Å². The largest absolute Gasteiger partial charge is 0.352 e. The van der Waals surface area contributed by atoms with Crippen LogP contribution in [0.1, 0.15) is 33.1 Å². The molecule has 0 spiro atoms. The van der Waals surface area contributed by atoms with E-state index in [1.807, 2.05) is 11.6 Å². The van der Waals surface area contributed by atoms with Crippen LogP contribution in [0.4, 0.5) is 0 Å². The second-order valence-electron chi connectivity index (χ2n) is 5.45. The molecule has 0 radical (unpaired) electrons. The Bertz CT molecular complexity index is 434. The van der Waals surface area contributed by atoms with Crippen molar-refractivity contribution in [3.63, 3.8) is 0 Å². The molecular formula is C13H22N4OS. The average Bonchev–Trinajstić information content (AvgIpc) is 2.78. The number of thioether (sulfide) groups is 1. The summed E-state index contributed by atoms with van der Waals surface area (Å²) in [6.45, 7) is 4.52. The number of amides is 1. The Kier molecular flexibility index (Phi) is 4.85. The van der Waals surface area contributed by atoms with Crippen molar-refractivity contribution in [3.05, 3.63) is 6.33 Å². The van der Waals surface area contributed by atoms with Crippen molar-refractivity contribution in [1.29, 1.82) is 0 Å². The number of hydrogen-bond acceptors (Lipinski definition) is 4. The lowest BCUT2D eigenvalue weighted by Gasteiger charge is -2.34. The van der Waals surface area contributed by atoms with Crippen LogP contribution in [-0.4, -0.2) is 32.5 Å². The van der Waals surface area contributed by atoms with Crippen molar-refractivity contribution in [2.45, 2.75) is 44.3 Å². The number of aryl methyl sites for hydroxylation is 1. The zero-order chi connectivity index (χ0) is 13.8. The van der Waals surface area contributed by atoms with E-state index >= 15 is 0 Å². The fourth-order valence-electron chi connectivity index (χ4n) is 2.57. The van der Waals surface area contributed by atoms with E-state index in [1.165, 1.54) is 24.6 Å². The van der Waals surface area contributed by atoms with E-state index in [4.69, 9.17) is 0 Å². The van der Waals surface area contributed by atoms with Crippen LogP contribution in [-0.2, 0) is 11.8 Å². The monoisotopic (exact) mass is 282 g/mol. The van der Waals surface area contributed by atoms with Crippen molar-refractivity contribution < 1.29 is 4.79 Å². The summed E-state index contributed by atoms with van der Waals surface area (Å²) in [6.07, 6.45) is 5.24. The highest BCUT2D eigenvalue weighted by Gasteiger charge is 2.28. The van der Waals surface area contributed by atoms with Crippen molar-refractivity contribution in [2.75, 3.05) is 5.75 Å². The smallest absolute Gasteiger partial charge is 0.230 e. The Morgan fingerprint density at radius 3 is 3.00 bits per heavy atom. The van der Waals surface area contributed by atoms with Gasteiger partial charge in [-0.15, -0.1) is 10.2 Å². The number of nitrogens with zero attached hydrogens (tertiary/aromatic N) is 3. The first-order valence-electron chi connectivity index (χ1n) is 6.84. The normalized spacial score (nSPS) is 27.2. The van der Waals surface area contributed by atoms with Crippen molar-refractivity contribution in [2.24, 2.45) is 18.9 Å². The Labute approximate surface area is 118 Å². The Hall–Kier alpha value is -1.04. The van der Waals surface area contributed by atoms with Gasteiger partial charge in [-0.05, 0) is 18.3 Å². The molecular weight excluding hydrogens is 260 g/mol. The first kappa shape index (κ1) is 14.4. The number of rotatable bonds is 4. The van der Waals surface area contributed by atoms with E-state index in [9.17, 15) is 4.79 Å². The van der Waals surface area contributed by atoms with Gasteiger partial charge in [0.05, 0.1) is 5.75 Å². The number of carbonyl (C=O) groups excluding carboxylic acids is 1. The molecule has 1 aromatic rings. The molecule has 1 amide bonds. The second-order valence-corrected chi connectivity index (χ2v) is 6.40. The van der Waals surface area contributed by atoms with Crippen LogP contribution < -0.4 is 5.32 Å². The highest BCUT2D eigenvalue weighted by molar-refractivity contribution is 7.99. The summed E-state index contributed by atoms with van der Waals surface area (Å²) in [5.41, 5.74) is 0. The van der Waals surface area contributed by atoms with Gasteiger partial charge in [-0.3, -0.25) is 4.79 Å². The SMILES string of the molecule is CC1CCCC(NC(=O)CSc2nncn2C)C1C. The van der Waals surface area contributed by atoms with Crippen LogP contribution >= 0.6 is 11.8 Å². The van der Waals surface area contributed by atoms with E-state index in [0.29, 0.717) is 23.6 Å². The summed E-state index contributed by atoms with van der Waals surface area (Å²) in [7, 11) is 1.88.